The van der Waals surface area contributed by atoms with Crippen molar-refractivity contribution in [3.05, 3.63) is 28.0 Å². The highest BCUT2D eigenvalue weighted by molar-refractivity contribution is 6.34. The van der Waals surface area contributed by atoms with Gasteiger partial charge in [0, 0.05) is 23.3 Å². The molecule has 0 fully saturated rings. The van der Waals surface area contributed by atoms with Gasteiger partial charge in [0.25, 0.3) is 0 Å². The summed E-state index contributed by atoms with van der Waals surface area (Å²) in [5.74, 6) is 0. The van der Waals surface area contributed by atoms with Crippen LogP contribution in [0.25, 0.3) is 0 Å². The Morgan fingerprint density at radius 3 is 2.68 bits per heavy atom. The van der Waals surface area contributed by atoms with Crippen LogP contribution in [0, 0.1) is 0 Å². The van der Waals surface area contributed by atoms with Crippen molar-refractivity contribution in [2.24, 2.45) is 5.73 Å². The van der Waals surface area contributed by atoms with E-state index >= 15 is 0 Å². The Kier molecular flexibility index (Phi) is 5.40. The molecule has 1 heterocycles. The van der Waals surface area contributed by atoms with Crippen LogP contribution in [0.1, 0.15) is 32.4 Å². The highest BCUT2D eigenvalue weighted by Crippen LogP contribution is 2.22. The van der Waals surface area contributed by atoms with Crippen molar-refractivity contribution in [3.8, 4) is 0 Å². The maximum Gasteiger partial charge on any atom is 0.407 e. The molecular weight excluding hydrogens is 289 g/mol. The maximum absolute atomic E-state index is 11.5. The summed E-state index contributed by atoms with van der Waals surface area (Å²) in [5.41, 5.74) is 5.99. The molecule has 1 aromatic heterocycles. The third kappa shape index (κ3) is 5.63. The van der Waals surface area contributed by atoms with Crippen molar-refractivity contribution in [3.63, 3.8) is 0 Å². The predicted octanol–water partition coefficient (Wildman–Crippen LogP) is 2.91. The van der Waals surface area contributed by atoms with Crippen molar-refractivity contribution in [2.45, 2.75) is 32.4 Å². The molecule has 1 rings (SSSR count). The summed E-state index contributed by atoms with van der Waals surface area (Å²) in [6.07, 6.45) is 0.965. The van der Waals surface area contributed by atoms with Gasteiger partial charge in [-0.3, -0.25) is 0 Å². The van der Waals surface area contributed by atoms with E-state index in [1.807, 2.05) is 0 Å². The average Bonchev–Trinajstić information content (AvgIpc) is 2.23. The largest absolute Gasteiger partial charge is 0.444 e. The lowest BCUT2D eigenvalue weighted by atomic mass is 10.1. The van der Waals surface area contributed by atoms with Gasteiger partial charge in [-0.25, -0.2) is 9.78 Å². The number of nitrogens with two attached hydrogens (primary N) is 1. The Labute approximate surface area is 122 Å². The van der Waals surface area contributed by atoms with E-state index in [2.05, 4.69) is 10.3 Å². The van der Waals surface area contributed by atoms with Crippen molar-refractivity contribution in [2.75, 3.05) is 6.54 Å². The zero-order valence-corrected chi connectivity index (χ0v) is 12.5. The zero-order chi connectivity index (χ0) is 14.6. The Morgan fingerprint density at radius 1 is 1.53 bits per heavy atom. The van der Waals surface area contributed by atoms with Gasteiger partial charge in [-0.15, -0.1) is 0 Å². The predicted molar refractivity (Wildman–Crippen MR) is 75.4 cm³/mol. The van der Waals surface area contributed by atoms with Gasteiger partial charge in [-0.1, -0.05) is 23.2 Å². The lowest BCUT2D eigenvalue weighted by Crippen LogP contribution is -2.36. The van der Waals surface area contributed by atoms with Crippen LogP contribution in [0.5, 0.6) is 0 Å². The molecule has 0 bridgehead atoms. The molecule has 0 radical (unpaired) electrons. The number of rotatable bonds is 3. The van der Waals surface area contributed by atoms with E-state index in [-0.39, 0.29) is 6.54 Å². The number of hydrogen-bond acceptors (Lipinski definition) is 4. The van der Waals surface area contributed by atoms with Crippen LogP contribution in [0.15, 0.2) is 12.3 Å². The Hall–Kier alpha value is -1.04. The molecule has 1 amide bonds. The zero-order valence-electron chi connectivity index (χ0n) is 11.0. The van der Waals surface area contributed by atoms with Crippen LogP contribution in [-0.4, -0.2) is 23.2 Å². The van der Waals surface area contributed by atoms with Crippen LogP contribution in [0.3, 0.4) is 0 Å². The second kappa shape index (κ2) is 6.41. The lowest BCUT2D eigenvalue weighted by Gasteiger charge is -2.21. The van der Waals surface area contributed by atoms with Crippen molar-refractivity contribution in [1.82, 2.24) is 10.3 Å². The minimum absolute atomic E-state index is 0.192. The highest BCUT2D eigenvalue weighted by atomic mass is 35.5. The van der Waals surface area contributed by atoms with Crippen LogP contribution in [0.4, 0.5) is 4.79 Å². The third-order valence-electron chi connectivity index (χ3n) is 2.11. The number of ether oxygens (including phenoxy) is 1. The summed E-state index contributed by atoms with van der Waals surface area (Å²) in [6, 6.07) is 1.02. The van der Waals surface area contributed by atoms with Crippen LogP contribution in [-0.2, 0) is 4.74 Å². The fraction of sp³-hybridized carbons (Fsp3) is 0.500. The first kappa shape index (κ1) is 16.0. The molecule has 0 aliphatic rings. The Balaban J connectivity index is 2.56. The van der Waals surface area contributed by atoms with E-state index in [0.29, 0.717) is 15.7 Å². The van der Waals surface area contributed by atoms with Crippen LogP contribution in [0.2, 0.25) is 10.2 Å². The fourth-order valence-electron chi connectivity index (χ4n) is 1.31. The minimum atomic E-state index is -0.548. The monoisotopic (exact) mass is 305 g/mol. The first-order valence-corrected chi connectivity index (χ1v) is 6.48. The van der Waals surface area contributed by atoms with Gasteiger partial charge in [0.2, 0.25) is 0 Å². The van der Waals surface area contributed by atoms with Gasteiger partial charge >= 0.3 is 6.09 Å². The number of pyridine rings is 1. The quantitative estimate of drug-likeness (QED) is 0.842. The number of nitrogens with one attached hydrogen (secondary N) is 1. The van der Waals surface area contributed by atoms with Gasteiger partial charge in [-0.2, -0.15) is 0 Å². The number of hydrogen-bond donors (Lipinski definition) is 2. The highest BCUT2D eigenvalue weighted by Gasteiger charge is 2.18. The molecule has 19 heavy (non-hydrogen) atoms. The minimum Gasteiger partial charge on any atom is -0.444 e. The number of nitrogens with zero attached hydrogens (tertiary/aromatic N) is 1. The maximum atomic E-state index is 11.5. The summed E-state index contributed by atoms with van der Waals surface area (Å²) in [6.45, 7) is 5.55. The van der Waals surface area contributed by atoms with E-state index in [1.54, 1.807) is 20.8 Å². The van der Waals surface area contributed by atoms with E-state index < -0.39 is 17.7 Å². The lowest BCUT2D eigenvalue weighted by molar-refractivity contribution is 0.0524. The molecule has 0 spiro atoms. The summed E-state index contributed by atoms with van der Waals surface area (Å²) in [4.78, 5) is 15.4. The summed E-state index contributed by atoms with van der Waals surface area (Å²) >= 11 is 11.7. The molecule has 3 N–H and O–H groups in total. The summed E-state index contributed by atoms with van der Waals surface area (Å²) in [7, 11) is 0. The summed E-state index contributed by atoms with van der Waals surface area (Å²) in [5, 5.41) is 3.28. The molecule has 0 aliphatic carbocycles. The molecule has 106 valence electrons. The number of aromatic nitrogens is 1. The van der Waals surface area contributed by atoms with Crippen molar-refractivity contribution in [1.29, 1.82) is 0 Å². The molecule has 0 saturated heterocycles. The molecule has 7 heteroatoms. The second-order valence-corrected chi connectivity index (χ2v) is 5.81. The first-order valence-electron chi connectivity index (χ1n) is 5.72. The fourth-order valence-corrected chi connectivity index (χ4v) is 1.81. The number of carbonyl (C=O) groups excluding carboxylic acids is 1. The molecule has 0 aliphatic heterocycles. The van der Waals surface area contributed by atoms with Gasteiger partial charge in [0.15, 0.2) is 0 Å². The van der Waals surface area contributed by atoms with E-state index in [0.717, 1.165) is 0 Å². The topological polar surface area (TPSA) is 77.2 Å². The SMILES string of the molecule is CC(C)(C)OC(=O)NCC(N)c1cnc(Cl)cc1Cl. The molecule has 1 atom stereocenters. The van der Waals surface area contributed by atoms with E-state index in [9.17, 15) is 4.79 Å². The van der Waals surface area contributed by atoms with Gasteiger partial charge in [0.1, 0.15) is 10.8 Å². The molecule has 1 aromatic rings. The standard InChI is InChI=1S/C12H17Cl2N3O2/c1-12(2,3)19-11(18)17-6-9(15)7-5-16-10(14)4-8(7)13/h4-5,9H,6,15H2,1-3H3,(H,17,18). The van der Waals surface area contributed by atoms with E-state index in [1.165, 1.54) is 12.3 Å². The Bertz CT molecular complexity index is 461. The number of alkyl carbamates (subject to hydrolysis) is 1. The van der Waals surface area contributed by atoms with Crippen LogP contribution >= 0.6 is 23.2 Å². The van der Waals surface area contributed by atoms with Gasteiger partial charge in [0.05, 0.1) is 6.04 Å². The molecule has 0 saturated carbocycles. The van der Waals surface area contributed by atoms with E-state index in [4.69, 9.17) is 33.7 Å². The number of carbonyl (C=O) groups is 1. The molecular formula is C12H17Cl2N3O2. The first-order chi connectivity index (χ1) is 8.69. The number of amides is 1. The van der Waals surface area contributed by atoms with Gasteiger partial charge < -0.3 is 15.8 Å². The summed E-state index contributed by atoms with van der Waals surface area (Å²) < 4.78 is 5.10. The average molecular weight is 306 g/mol. The molecule has 0 aromatic carbocycles. The van der Waals surface area contributed by atoms with Crippen molar-refractivity contribution < 1.29 is 9.53 Å². The third-order valence-corrected chi connectivity index (χ3v) is 2.65. The smallest absolute Gasteiger partial charge is 0.407 e. The Morgan fingerprint density at radius 2 is 2.16 bits per heavy atom. The van der Waals surface area contributed by atoms with Gasteiger partial charge in [-0.05, 0) is 26.8 Å². The number of halogens is 2. The second-order valence-electron chi connectivity index (χ2n) is 5.02. The van der Waals surface area contributed by atoms with Crippen molar-refractivity contribution >= 4 is 29.3 Å². The normalized spacial score (nSPS) is 12.9. The van der Waals surface area contributed by atoms with Crippen LogP contribution < -0.4 is 11.1 Å². The molecule has 5 nitrogen and oxygen atoms in total. The molecule has 1 unspecified atom stereocenters.